The standard InChI is InChI=1S/C14H11BrN4O/c1-8-6-10(15)3-4-11(8)13-18-14(20-19-13)9-2-5-12(16)17-7-9/h2-7H,1H3,(H2,16,17). The first-order valence-corrected chi connectivity index (χ1v) is 6.75. The van der Waals surface area contributed by atoms with Gasteiger partial charge in [-0.25, -0.2) is 4.98 Å². The first-order valence-electron chi connectivity index (χ1n) is 5.95. The number of aromatic nitrogens is 3. The van der Waals surface area contributed by atoms with Gasteiger partial charge in [0.05, 0.1) is 5.56 Å². The fourth-order valence-electron chi connectivity index (χ4n) is 1.86. The van der Waals surface area contributed by atoms with Crippen molar-refractivity contribution in [2.45, 2.75) is 6.92 Å². The highest BCUT2D eigenvalue weighted by Crippen LogP contribution is 2.26. The van der Waals surface area contributed by atoms with Gasteiger partial charge in [0.1, 0.15) is 5.82 Å². The van der Waals surface area contributed by atoms with E-state index in [0.29, 0.717) is 17.5 Å². The van der Waals surface area contributed by atoms with Crippen LogP contribution in [0.2, 0.25) is 0 Å². The SMILES string of the molecule is Cc1cc(Br)ccc1-c1noc(-c2ccc(N)nc2)n1. The van der Waals surface area contributed by atoms with E-state index in [2.05, 4.69) is 31.1 Å². The maximum atomic E-state index is 5.55. The van der Waals surface area contributed by atoms with Gasteiger partial charge in [0.2, 0.25) is 5.82 Å². The van der Waals surface area contributed by atoms with Crippen LogP contribution in [0.1, 0.15) is 5.56 Å². The van der Waals surface area contributed by atoms with Crippen LogP contribution in [0.3, 0.4) is 0 Å². The monoisotopic (exact) mass is 330 g/mol. The van der Waals surface area contributed by atoms with Gasteiger partial charge < -0.3 is 10.3 Å². The molecule has 0 unspecified atom stereocenters. The molecule has 0 aliphatic carbocycles. The summed E-state index contributed by atoms with van der Waals surface area (Å²) in [5, 5.41) is 4.02. The molecule has 0 amide bonds. The van der Waals surface area contributed by atoms with Crippen molar-refractivity contribution >= 4 is 21.7 Å². The number of nitrogens with two attached hydrogens (primary N) is 1. The van der Waals surface area contributed by atoms with E-state index in [1.54, 1.807) is 18.3 Å². The van der Waals surface area contributed by atoms with E-state index in [0.717, 1.165) is 21.2 Å². The van der Waals surface area contributed by atoms with Crippen LogP contribution in [0, 0.1) is 6.92 Å². The zero-order valence-corrected chi connectivity index (χ0v) is 12.3. The van der Waals surface area contributed by atoms with E-state index in [4.69, 9.17) is 10.3 Å². The molecule has 1 aromatic carbocycles. The Morgan fingerprint density at radius 3 is 2.75 bits per heavy atom. The number of pyridine rings is 1. The Morgan fingerprint density at radius 1 is 1.20 bits per heavy atom. The van der Waals surface area contributed by atoms with Gasteiger partial charge in [0.15, 0.2) is 0 Å². The van der Waals surface area contributed by atoms with Crippen LogP contribution in [0.15, 0.2) is 45.5 Å². The van der Waals surface area contributed by atoms with E-state index in [-0.39, 0.29) is 0 Å². The molecule has 20 heavy (non-hydrogen) atoms. The van der Waals surface area contributed by atoms with Crippen LogP contribution >= 0.6 is 15.9 Å². The summed E-state index contributed by atoms with van der Waals surface area (Å²) in [5.41, 5.74) is 8.30. The number of aryl methyl sites for hydroxylation is 1. The summed E-state index contributed by atoms with van der Waals surface area (Å²) in [4.78, 5) is 8.41. The minimum atomic E-state index is 0.426. The predicted octanol–water partition coefficient (Wildman–Crippen LogP) is 3.45. The topological polar surface area (TPSA) is 77.8 Å². The number of rotatable bonds is 2. The lowest BCUT2D eigenvalue weighted by Gasteiger charge is -2.00. The highest BCUT2D eigenvalue weighted by atomic mass is 79.9. The van der Waals surface area contributed by atoms with Crippen LogP contribution in [0.5, 0.6) is 0 Å². The largest absolute Gasteiger partial charge is 0.384 e. The first kappa shape index (κ1) is 12.8. The molecule has 3 aromatic rings. The van der Waals surface area contributed by atoms with Crippen molar-refractivity contribution in [3.05, 3.63) is 46.6 Å². The van der Waals surface area contributed by atoms with Gasteiger partial charge in [-0.15, -0.1) is 0 Å². The van der Waals surface area contributed by atoms with Crippen LogP contribution in [0.4, 0.5) is 5.82 Å². The Hall–Kier alpha value is -2.21. The van der Waals surface area contributed by atoms with Crippen molar-refractivity contribution in [2.75, 3.05) is 5.73 Å². The molecule has 3 rings (SSSR count). The van der Waals surface area contributed by atoms with Crippen molar-refractivity contribution in [2.24, 2.45) is 0 Å². The number of halogens is 1. The molecule has 0 saturated carbocycles. The summed E-state index contributed by atoms with van der Waals surface area (Å²) in [6, 6.07) is 9.41. The number of nitrogen functional groups attached to an aromatic ring is 1. The van der Waals surface area contributed by atoms with Gasteiger partial charge in [-0.1, -0.05) is 21.1 Å². The minimum Gasteiger partial charge on any atom is -0.384 e. The third kappa shape index (κ3) is 2.42. The zero-order chi connectivity index (χ0) is 14.1. The fourth-order valence-corrected chi connectivity index (χ4v) is 2.34. The quantitative estimate of drug-likeness (QED) is 0.778. The molecule has 0 spiro atoms. The maximum Gasteiger partial charge on any atom is 0.259 e. The van der Waals surface area contributed by atoms with E-state index >= 15 is 0 Å². The van der Waals surface area contributed by atoms with Gasteiger partial charge in [-0.05, 0) is 42.8 Å². The van der Waals surface area contributed by atoms with Crippen molar-refractivity contribution in [3.8, 4) is 22.8 Å². The van der Waals surface area contributed by atoms with Crippen LogP contribution < -0.4 is 5.73 Å². The summed E-state index contributed by atoms with van der Waals surface area (Å²) >= 11 is 3.43. The summed E-state index contributed by atoms with van der Waals surface area (Å²) < 4.78 is 6.30. The number of hydrogen-bond donors (Lipinski definition) is 1. The number of nitrogens with zero attached hydrogens (tertiary/aromatic N) is 3. The Balaban J connectivity index is 1.99. The number of benzene rings is 1. The minimum absolute atomic E-state index is 0.426. The number of hydrogen-bond acceptors (Lipinski definition) is 5. The summed E-state index contributed by atoms with van der Waals surface area (Å²) in [6.07, 6.45) is 1.61. The van der Waals surface area contributed by atoms with Gasteiger partial charge in [-0.3, -0.25) is 0 Å². The van der Waals surface area contributed by atoms with E-state index in [1.165, 1.54) is 0 Å². The van der Waals surface area contributed by atoms with E-state index < -0.39 is 0 Å². The molecule has 0 saturated heterocycles. The van der Waals surface area contributed by atoms with Crippen molar-refractivity contribution in [3.63, 3.8) is 0 Å². The van der Waals surface area contributed by atoms with Crippen LogP contribution in [-0.4, -0.2) is 15.1 Å². The van der Waals surface area contributed by atoms with Gasteiger partial charge >= 0.3 is 0 Å². The molecule has 0 radical (unpaired) electrons. The maximum absolute atomic E-state index is 5.55. The second-order valence-corrected chi connectivity index (χ2v) is 5.27. The smallest absolute Gasteiger partial charge is 0.259 e. The summed E-state index contributed by atoms with van der Waals surface area (Å²) in [6.45, 7) is 2.00. The van der Waals surface area contributed by atoms with Crippen molar-refractivity contribution < 1.29 is 4.52 Å². The fraction of sp³-hybridized carbons (Fsp3) is 0.0714. The summed E-state index contributed by atoms with van der Waals surface area (Å²) in [7, 11) is 0. The third-order valence-electron chi connectivity index (χ3n) is 2.89. The molecule has 0 atom stereocenters. The molecule has 6 heteroatoms. The lowest BCUT2D eigenvalue weighted by Crippen LogP contribution is -1.89. The molecule has 2 aromatic heterocycles. The average molecular weight is 331 g/mol. The van der Waals surface area contributed by atoms with Crippen LogP contribution in [0.25, 0.3) is 22.8 Å². The molecule has 2 N–H and O–H groups in total. The second kappa shape index (κ2) is 5.05. The lowest BCUT2D eigenvalue weighted by molar-refractivity contribution is 0.432. The van der Waals surface area contributed by atoms with Crippen LogP contribution in [-0.2, 0) is 0 Å². The highest BCUT2D eigenvalue weighted by molar-refractivity contribution is 9.10. The molecule has 0 aliphatic heterocycles. The molecule has 0 fully saturated rings. The molecule has 2 heterocycles. The van der Waals surface area contributed by atoms with Crippen molar-refractivity contribution in [1.29, 1.82) is 0 Å². The second-order valence-electron chi connectivity index (χ2n) is 4.35. The van der Waals surface area contributed by atoms with Gasteiger partial charge in [0, 0.05) is 16.2 Å². The molecule has 0 aliphatic rings. The molecular formula is C14H11BrN4O. The Morgan fingerprint density at radius 2 is 2.05 bits per heavy atom. The average Bonchev–Trinajstić information content (AvgIpc) is 2.89. The molecule has 0 bridgehead atoms. The van der Waals surface area contributed by atoms with E-state index in [9.17, 15) is 0 Å². The third-order valence-corrected chi connectivity index (χ3v) is 3.38. The Labute approximate surface area is 124 Å². The highest BCUT2D eigenvalue weighted by Gasteiger charge is 2.12. The Kier molecular flexibility index (Phi) is 3.23. The van der Waals surface area contributed by atoms with Crippen molar-refractivity contribution in [1.82, 2.24) is 15.1 Å². The normalized spacial score (nSPS) is 10.7. The number of anilines is 1. The van der Waals surface area contributed by atoms with Gasteiger partial charge in [0.25, 0.3) is 5.89 Å². The molecule has 5 nitrogen and oxygen atoms in total. The summed E-state index contributed by atoms with van der Waals surface area (Å²) in [5.74, 6) is 1.44. The Bertz CT molecular complexity index is 752. The first-order chi connectivity index (χ1) is 9.63. The van der Waals surface area contributed by atoms with E-state index in [1.807, 2.05) is 25.1 Å². The predicted molar refractivity (Wildman–Crippen MR) is 79.8 cm³/mol. The lowest BCUT2D eigenvalue weighted by atomic mass is 10.1. The molecular weight excluding hydrogens is 320 g/mol. The van der Waals surface area contributed by atoms with Gasteiger partial charge in [-0.2, -0.15) is 4.98 Å². The zero-order valence-electron chi connectivity index (χ0n) is 10.7. The molecule has 100 valence electrons.